The Morgan fingerprint density at radius 3 is 2.44 bits per heavy atom. The largest absolute Gasteiger partial charge is 0.488 e. The number of rotatable bonds is 2. The highest BCUT2D eigenvalue weighted by atomic mass is 79.9. The van der Waals surface area contributed by atoms with Crippen LogP contribution < -0.4 is 10.8 Å². The van der Waals surface area contributed by atoms with Gasteiger partial charge in [0, 0.05) is 10.2 Å². The minimum atomic E-state index is -1.60. The molecule has 0 saturated heterocycles. The van der Waals surface area contributed by atoms with Crippen LogP contribution in [-0.2, 0) is 4.74 Å². The van der Waals surface area contributed by atoms with Gasteiger partial charge in [0.05, 0.1) is 0 Å². The summed E-state index contributed by atoms with van der Waals surface area (Å²) in [4.78, 5) is 11.5. The Morgan fingerprint density at radius 2 is 1.94 bits per heavy atom. The lowest BCUT2D eigenvalue weighted by atomic mass is 9.80. The van der Waals surface area contributed by atoms with Crippen molar-refractivity contribution in [3.8, 4) is 0 Å². The van der Waals surface area contributed by atoms with Crippen molar-refractivity contribution in [2.24, 2.45) is 0 Å². The molecule has 5 nitrogen and oxygen atoms in total. The van der Waals surface area contributed by atoms with E-state index < -0.39 is 18.8 Å². The van der Waals surface area contributed by atoms with E-state index in [1.54, 1.807) is 32.9 Å². The number of anilines is 1. The van der Waals surface area contributed by atoms with Gasteiger partial charge in [-0.1, -0.05) is 15.9 Å². The van der Waals surface area contributed by atoms with Gasteiger partial charge in [-0.25, -0.2) is 4.79 Å². The molecule has 18 heavy (non-hydrogen) atoms. The molecule has 0 fully saturated rings. The number of carbonyl (C=O) groups excluding carboxylic acids is 1. The molecule has 0 radical (unpaired) electrons. The third-order valence-electron chi connectivity index (χ3n) is 1.86. The molecule has 1 aromatic carbocycles. The molecule has 0 aliphatic rings. The molecule has 3 N–H and O–H groups in total. The lowest BCUT2D eigenvalue weighted by Gasteiger charge is -2.19. The second kappa shape index (κ2) is 5.73. The van der Waals surface area contributed by atoms with Crippen LogP contribution in [0.2, 0.25) is 0 Å². The third kappa shape index (κ3) is 5.08. The van der Waals surface area contributed by atoms with E-state index in [4.69, 9.17) is 14.8 Å². The van der Waals surface area contributed by atoms with Crippen molar-refractivity contribution in [1.82, 2.24) is 0 Å². The second-order valence-corrected chi connectivity index (χ2v) is 5.69. The normalized spacial score (nSPS) is 11.0. The van der Waals surface area contributed by atoms with Gasteiger partial charge in [0.1, 0.15) is 5.60 Å². The average Bonchev–Trinajstić information content (AvgIpc) is 2.12. The Morgan fingerprint density at radius 1 is 1.33 bits per heavy atom. The fourth-order valence-electron chi connectivity index (χ4n) is 1.26. The molecule has 1 aromatic rings. The second-order valence-electron chi connectivity index (χ2n) is 4.77. The molecule has 1 rings (SSSR count). The number of benzene rings is 1. The van der Waals surface area contributed by atoms with Crippen LogP contribution in [0.25, 0.3) is 0 Å². The van der Waals surface area contributed by atoms with Crippen molar-refractivity contribution < 1.29 is 19.6 Å². The minimum Gasteiger partial charge on any atom is -0.444 e. The van der Waals surface area contributed by atoms with Crippen LogP contribution in [0.1, 0.15) is 20.8 Å². The molecule has 7 heteroatoms. The summed E-state index contributed by atoms with van der Waals surface area (Å²) in [6.45, 7) is 5.28. The quantitative estimate of drug-likeness (QED) is 0.722. The van der Waals surface area contributed by atoms with E-state index in [2.05, 4.69) is 21.2 Å². The van der Waals surface area contributed by atoms with E-state index >= 15 is 0 Å². The Kier molecular flexibility index (Phi) is 4.78. The van der Waals surface area contributed by atoms with E-state index in [-0.39, 0.29) is 5.46 Å². The van der Waals surface area contributed by atoms with Crippen LogP contribution >= 0.6 is 15.9 Å². The molecule has 0 saturated carbocycles. The summed E-state index contributed by atoms with van der Waals surface area (Å²) in [7, 11) is -1.60. The fourth-order valence-corrected chi connectivity index (χ4v) is 1.77. The minimum absolute atomic E-state index is 0.274. The highest BCUT2D eigenvalue weighted by molar-refractivity contribution is 9.10. The van der Waals surface area contributed by atoms with Crippen LogP contribution in [0.15, 0.2) is 22.7 Å². The van der Waals surface area contributed by atoms with Crippen LogP contribution in [0.4, 0.5) is 10.5 Å². The first-order valence-electron chi connectivity index (χ1n) is 5.34. The molecule has 1 amide bonds. The zero-order valence-corrected chi connectivity index (χ0v) is 12.0. The molecule has 0 unspecified atom stereocenters. The number of nitrogens with one attached hydrogen (secondary N) is 1. The predicted molar refractivity (Wildman–Crippen MR) is 73.8 cm³/mol. The van der Waals surface area contributed by atoms with Crippen molar-refractivity contribution >= 4 is 40.3 Å². The molecular formula is C11H15BBrNO4. The van der Waals surface area contributed by atoms with Crippen molar-refractivity contribution in [3.63, 3.8) is 0 Å². The standard InChI is InChI=1S/C11H15BBrNO4/c1-11(2,3)18-10(15)14-9-5-7(12(16)17)4-8(13)6-9/h4-6,16-17H,1-3H3,(H,14,15). The monoisotopic (exact) mass is 315 g/mol. The molecule has 0 heterocycles. The Hall–Kier alpha value is -1.05. The zero-order chi connectivity index (χ0) is 13.9. The number of carbonyl (C=O) groups is 1. The molecular weight excluding hydrogens is 301 g/mol. The molecule has 0 aromatic heterocycles. The summed E-state index contributed by atoms with van der Waals surface area (Å²) < 4.78 is 5.72. The number of hydrogen-bond acceptors (Lipinski definition) is 4. The van der Waals surface area contributed by atoms with Gasteiger partial charge in [-0.3, -0.25) is 5.32 Å². The fraction of sp³-hybridized carbons (Fsp3) is 0.364. The van der Waals surface area contributed by atoms with E-state index in [0.29, 0.717) is 10.2 Å². The van der Waals surface area contributed by atoms with Gasteiger partial charge in [-0.05, 0) is 44.4 Å². The summed E-state index contributed by atoms with van der Waals surface area (Å²) >= 11 is 3.22. The Bertz CT molecular complexity index is 445. The molecule has 98 valence electrons. The van der Waals surface area contributed by atoms with Gasteiger partial charge >= 0.3 is 13.2 Å². The highest BCUT2D eigenvalue weighted by Crippen LogP contribution is 2.16. The topological polar surface area (TPSA) is 78.8 Å². The van der Waals surface area contributed by atoms with Gasteiger partial charge in [0.2, 0.25) is 0 Å². The lowest BCUT2D eigenvalue weighted by molar-refractivity contribution is 0.0636. The summed E-state index contributed by atoms with van der Waals surface area (Å²) in [6.07, 6.45) is -0.598. The summed E-state index contributed by atoms with van der Waals surface area (Å²) in [5.74, 6) is 0. The maximum atomic E-state index is 11.5. The molecule has 0 spiro atoms. The summed E-state index contributed by atoms with van der Waals surface area (Å²) in [5.41, 5.74) is 0.104. The van der Waals surface area contributed by atoms with Crippen molar-refractivity contribution in [2.45, 2.75) is 26.4 Å². The number of ether oxygens (including phenoxy) is 1. The molecule has 0 bridgehead atoms. The number of amides is 1. The Balaban J connectivity index is 2.82. The Labute approximate surface area is 114 Å². The summed E-state index contributed by atoms with van der Waals surface area (Å²) in [6, 6.07) is 4.64. The van der Waals surface area contributed by atoms with E-state index in [1.165, 1.54) is 6.07 Å². The van der Waals surface area contributed by atoms with Crippen LogP contribution in [0.3, 0.4) is 0 Å². The maximum absolute atomic E-state index is 11.5. The van der Waals surface area contributed by atoms with Crippen molar-refractivity contribution in [3.05, 3.63) is 22.7 Å². The van der Waals surface area contributed by atoms with E-state index in [0.717, 1.165) is 0 Å². The predicted octanol–water partition coefficient (Wildman–Crippen LogP) is 1.48. The van der Waals surface area contributed by atoms with E-state index in [1.807, 2.05) is 0 Å². The van der Waals surface area contributed by atoms with Gasteiger partial charge in [0.25, 0.3) is 0 Å². The lowest BCUT2D eigenvalue weighted by Crippen LogP contribution is -2.31. The smallest absolute Gasteiger partial charge is 0.444 e. The van der Waals surface area contributed by atoms with Crippen LogP contribution in [0.5, 0.6) is 0 Å². The first-order chi connectivity index (χ1) is 8.17. The zero-order valence-electron chi connectivity index (χ0n) is 10.4. The average molecular weight is 316 g/mol. The van der Waals surface area contributed by atoms with Gasteiger partial charge in [-0.2, -0.15) is 0 Å². The van der Waals surface area contributed by atoms with Crippen LogP contribution in [0, 0.1) is 0 Å². The first kappa shape index (κ1) is 15.0. The van der Waals surface area contributed by atoms with Crippen molar-refractivity contribution in [2.75, 3.05) is 5.32 Å². The highest BCUT2D eigenvalue weighted by Gasteiger charge is 2.17. The van der Waals surface area contributed by atoms with Crippen LogP contribution in [-0.4, -0.2) is 28.9 Å². The number of halogens is 1. The van der Waals surface area contributed by atoms with E-state index in [9.17, 15) is 4.79 Å². The molecule has 0 aliphatic carbocycles. The van der Waals surface area contributed by atoms with Gasteiger partial charge in [0.15, 0.2) is 0 Å². The first-order valence-corrected chi connectivity index (χ1v) is 6.13. The summed E-state index contributed by atoms with van der Waals surface area (Å²) in [5, 5.41) is 20.7. The van der Waals surface area contributed by atoms with Crippen molar-refractivity contribution in [1.29, 1.82) is 0 Å². The maximum Gasteiger partial charge on any atom is 0.488 e. The van der Waals surface area contributed by atoms with Gasteiger partial charge in [-0.15, -0.1) is 0 Å². The third-order valence-corrected chi connectivity index (χ3v) is 2.32. The molecule has 0 aliphatic heterocycles. The van der Waals surface area contributed by atoms with Gasteiger partial charge < -0.3 is 14.8 Å². The SMILES string of the molecule is CC(C)(C)OC(=O)Nc1cc(Br)cc(B(O)O)c1. The molecule has 0 atom stereocenters. The number of hydrogen-bond donors (Lipinski definition) is 3.